The van der Waals surface area contributed by atoms with Gasteiger partial charge in [-0.25, -0.2) is 0 Å². The van der Waals surface area contributed by atoms with Crippen LogP contribution in [0.2, 0.25) is 0 Å². The number of nitrogens with one attached hydrogen (secondary N) is 1. The van der Waals surface area contributed by atoms with Crippen molar-refractivity contribution in [1.82, 2.24) is 0 Å². The van der Waals surface area contributed by atoms with E-state index in [9.17, 15) is 18.0 Å². The van der Waals surface area contributed by atoms with Gasteiger partial charge in [0.25, 0.3) is 0 Å². The lowest BCUT2D eigenvalue weighted by molar-refractivity contribution is -0.119. The molecule has 0 saturated heterocycles. The van der Waals surface area contributed by atoms with Crippen LogP contribution in [0.4, 0.5) is 18.9 Å². The molecule has 1 saturated carbocycles. The molecule has 1 aromatic rings. The van der Waals surface area contributed by atoms with E-state index in [-0.39, 0.29) is 17.4 Å². The maximum Gasteiger partial charge on any atom is 0.431 e. The molecule has 1 unspecified atom stereocenters. The molecule has 0 heterocycles. The number of allylic oxidation sites excluding steroid dienone is 2. The van der Waals surface area contributed by atoms with Gasteiger partial charge in [-0.3, -0.25) is 9.79 Å². The maximum atomic E-state index is 12.9. The Bertz CT molecular complexity index is 738. The summed E-state index contributed by atoms with van der Waals surface area (Å²) in [6.07, 6.45) is -1.80. The van der Waals surface area contributed by atoms with E-state index in [0.717, 1.165) is 17.7 Å². The predicted molar refractivity (Wildman–Crippen MR) is 102 cm³/mol. The molecule has 1 aromatic carbocycles. The number of carbonyl (C=O) groups is 1. The highest BCUT2D eigenvalue weighted by Gasteiger charge is 2.35. The normalized spacial score (nSPS) is 19.7. The van der Waals surface area contributed by atoms with Gasteiger partial charge in [-0.05, 0) is 50.7 Å². The highest BCUT2D eigenvalue weighted by Crippen LogP contribution is 2.31. The second-order valence-corrected chi connectivity index (χ2v) is 6.92. The number of rotatable bonds is 5. The Hall–Kier alpha value is -2.31. The average molecular weight is 381 g/mol. The Morgan fingerprint density at radius 1 is 1.26 bits per heavy atom. The Labute approximate surface area is 157 Å². The minimum atomic E-state index is -4.53. The fraction of sp³-hybridized carbons (Fsp3) is 0.500. The van der Waals surface area contributed by atoms with Crippen LogP contribution >= 0.6 is 0 Å². The molecule has 2 rings (SSSR count). The first-order valence-electron chi connectivity index (χ1n) is 9.16. The van der Waals surface area contributed by atoms with Crippen LogP contribution in [0.5, 0.6) is 0 Å². The van der Waals surface area contributed by atoms with Crippen LogP contribution in [-0.2, 0) is 4.79 Å². The van der Waals surface area contributed by atoms with Crippen LogP contribution in [0, 0.1) is 12.8 Å². The summed E-state index contributed by atoms with van der Waals surface area (Å²) in [5.74, 6) is -0.427. The van der Waals surface area contributed by atoms with E-state index in [0.29, 0.717) is 37.9 Å². The summed E-state index contributed by atoms with van der Waals surface area (Å²) >= 11 is 0. The molecule has 7 heteroatoms. The summed E-state index contributed by atoms with van der Waals surface area (Å²) in [4.78, 5) is 16.7. The number of carbonyl (C=O) groups excluding carboxylic acids is 1. The molecule has 0 aliphatic heterocycles. The third kappa shape index (κ3) is 5.84. The molecular formula is C20H26F3N3O. The number of hydrogen-bond acceptors (Lipinski definition) is 3. The summed E-state index contributed by atoms with van der Waals surface area (Å²) in [5.41, 5.74) is 6.55. The number of anilines is 1. The van der Waals surface area contributed by atoms with Gasteiger partial charge in [0.1, 0.15) is 5.70 Å². The molecule has 1 aliphatic rings. The van der Waals surface area contributed by atoms with E-state index in [1.54, 1.807) is 6.92 Å². The zero-order valence-electron chi connectivity index (χ0n) is 15.7. The van der Waals surface area contributed by atoms with E-state index < -0.39 is 11.9 Å². The molecule has 148 valence electrons. The van der Waals surface area contributed by atoms with Gasteiger partial charge in [-0.2, -0.15) is 13.2 Å². The summed E-state index contributed by atoms with van der Waals surface area (Å²) < 4.78 is 38.7. The third-order valence-corrected chi connectivity index (χ3v) is 4.78. The molecule has 0 radical (unpaired) electrons. The van der Waals surface area contributed by atoms with Crippen molar-refractivity contribution in [3.63, 3.8) is 0 Å². The minimum absolute atomic E-state index is 0.116. The molecule has 3 N–H and O–H groups in total. The number of alkyl halides is 3. The van der Waals surface area contributed by atoms with E-state index in [2.05, 4.69) is 10.3 Å². The molecular weight excluding hydrogens is 355 g/mol. The largest absolute Gasteiger partial charge is 0.431 e. The number of para-hydroxylation sites is 1. The number of amides is 1. The topological polar surface area (TPSA) is 67.5 Å². The summed E-state index contributed by atoms with van der Waals surface area (Å²) in [5, 5.41) is 2.88. The molecule has 0 bridgehead atoms. The monoisotopic (exact) mass is 381 g/mol. The number of aliphatic imine (C=N–C) groups is 1. The minimum Gasteiger partial charge on any atom is -0.394 e. The highest BCUT2D eigenvalue weighted by atomic mass is 19.4. The number of hydrogen-bond donors (Lipinski definition) is 2. The lowest BCUT2D eigenvalue weighted by Gasteiger charge is -2.21. The molecule has 1 amide bonds. The number of benzene rings is 1. The van der Waals surface area contributed by atoms with Gasteiger partial charge in [0.15, 0.2) is 0 Å². The Morgan fingerprint density at radius 3 is 2.59 bits per heavy atom. The number of nitrogens with zero attached hydrogens (tertiary/aromatic N) is 1. The fourth-order valence-electron chi connectivity index (χ4n) is 3.02. The van der Waals surface area contributed by atoms with Crippen LogP contribution in [0.1, 0.15) is 44.6 Å². The van der Waals surface area contributed by atoms with Gasteiger partial charge in [-0.15, -0.1) is 0 Å². The van der Waals surface area contributed by atoms with Crippen LogP contribution in [0.15, 0.2) is 40.5 Å². The second kappa shape index (κ2) is 9.06. The zero-order valence-corrected chi connectivity index (χ0v) is 15.7. The Balaban J connectivity index is 1.98. The van der Waals surface area contributed by atoms with E-state index in [1.165, 1.54) is 0 Å². The zero-order chi connectivity index (χ0) is 20.0. The Morgan fingerprint density at radius 2 is 1.93 bits per heavy atom. The van der Waals surface area contributed by atoms with Gasteiger partial charge in [0.2, 0.25) is 5.91 Å². The van der Waals surface area contributed by atoms with Gasteiger partial charge in [-0.1, -0.05) is 25.1 Å². The molecule has 1 aliphatic carbocycles. The van der Waals surface area contributed by atoms with Crippen molar-refractivity contribution in [2.24, 2.45) is 16.6 Å². The van der Waals surface area contributed by atoms with Crippen LogP contribution in [0.3, 0.4) is 0 Å². The van der Waals surface area contributed by atoms with Gasteiger partial charge in [0, 0.05) is 29.4 Å². The molecule has 0 spiro atoms. The molecule has 1 atom stereocenters. The summed E-state index contributed by atoms with van der Waals surface area (Å²) in [6.45, 7) is 4.00. The van der Waals surface area contributed by atoms with E-state index in [1.807, 2.05) is 31.2 Å². The lowest BCUT2D eigenvalue weighted by Crippen LogP contribution is -2.26. The van der Waals surface area contributed by atoms with E-state index in [4.69, 9.17) is 5.73 Å². The van der Waals surface area contributed by atoms with Gasteiger partial charge >= 0.3 is 6.18 Å². The first-order chi connectivity index (χ1) is 12.7. The molecule has 0 aromatic heterocycles. The smallest absolute Gasteiger partial charge is 0.394 e. The van der Waals surface area contributed by atoms with Crippen molar-refractivity contribution in [2.75, 3.05) is 11.9 Å². The number of aryl methyl sites for hydroxylation is 1. The third-order valence-electron chi connectivity index (χ3n) is 4.78. The SMILES string of the molecule is Cc1ccccc1NC(=O)C(C)CCN=C1CCCCC1=C(N)C(F)(F)F. The van der Waals surface area contributed by atoms with Crippen molar-refractivity contribution in [1.29, 1.82) is 0 Å². The van der Waals surface area contributed by atoms with Crippen LogP contribution in [0.25, 0.3) is 0 Å². The number of nitrogens with two attached hydrogens (primary N) is 1. The van der Waals surface area contributed by atoms with Crippen molar-refractivity contribution < 1.29 is 18.0 Å². The molecule has 1 fully saturated rings. The predicted octanol–water partition coefficient (Wildman–Crippen LogP) is 4.75. The lowest BCUT2D eigenvalue weighted by atomic mass is 9.91. The Kier molecular flexibility index (Phi) is 7.05. The summed E-state index contributed by atoms with van der Waals surface area (Å²) in [6, 6.07) is 7.49. The molecule has 27 heavy (non-hydrogen) atoms. The van der Waals surface area contributed by atoms with Crippen molar-refractivity contribution >= 4 is 17.3 Å². The van der Waals surface area contributed by atoms with Gasteiger partial charge < -0.3 is 11.1 Å². The van der Waals surface area contributed by atoms with Crippen molar-refractivity contribution in [2.45, 2.75) is 52.1 Å². The standard InChI is InChI=1S/C20H26F3N3O/c1-13-7-3-5-9-16(13)26-19(27)14(2)11-12-25-17-10-6-4-8-15(17)18(24)20(21,22)23/h3,5,7,9,14H,4,6,8,10-12,24H2,1-2H3,(H,26,27). The maximum absolute atomic E-state index is 12.9. The second-order valence-electron chi connectivity index (χ2n) is 6.92. The molecule has 4 nitrogen and oxygen atoms in total. The van der Waals surface area contributed by atoms with Crippen LogP contribution < -0.4 is 11.1 Å². The van der Waals surface area contributed by atoms with E-state index >= 15 is 0 Å². The van der Waals surface area contributed by atoms with Gasteiger partial charge in [0.05, 0.1) is 0 Å². The van der Waals surface area contributed by atoms with Crippen molar-refractivity contribution in [3.8, 4) is 0 Å². The number of halogens is 3. The average Bonchev–Trinajstić information content (AvgIpc) is 2.62. The van der Waals surface area contributed by atoms with Crippen LogP contribution in [-0.4, -0.2) is 24.3 Å². The highest BCUT2D eigenvalue weighted by molar-refractivity contribution is 6.01. The first kappa shape index (κ1) is 21.0. The quantitative estimate of drug-likeness (QED) is 0.773. The first-order valence-corrected chi connectivity index (χ1v) is 9.16. The summed E-state index contributed by atoms with van der Waals surface area (Å²) in [7, 11) is 0. The van der Waals surface area contributed by atoms with Crippen molar-refractivity contribution in [3.05, 3.63) is 41.1 Å². The fourth-order valence-corrected chi connectivity index (χ4v) is 3.02.